The molecule has 0 fully saturated rings. The van der Waals surface area contributed by atoms with Gasteiger partial charge in [-0.15, -0.1) is 0 Å². The van der Waals surface area contributed by atoms with Crippen LogP contribution < -0.4 is 4.74 Å². The van der Waals surface area contributed by atoms with Crippen molar-refractivity contribution in [3.05, 3.63) is 28.8 Å². The van der Waals surface area contributed by atoms with E-state index in [2.05, 4.69) is 13.8 Å². The molecule has 0 saturated carbocycles. The van der Waals surface area contributed by atoms with Crippen LogP contribution in [0.15, 0.2) is 18.2 Å². The van der Waals surface area contributed by atoms with E-state index in [-0.39, 0.29) is 0 Å². The molecule has 0 aliphatic rings. The summed E-state index contributed by atoms with van der Waals surface area (Å²) in [4.78, 5) is 0. The molecule has 13 heavy (non-hydrogen) atoms. The fourth-order valence-electron chi connectivity index (χ4n) is 1.36. The van der Waals surface area contributed by atoms with Gasteiger partial charge in [-0.05, 0) is 25.0 Å². The summed E-state index contributed by atoms with van der Waals surface area (Å²) < 4.78 is 5.49. The van der Waals surface area contributed by atoms with Gasteiger partial charge in [-0.1, -0.05) is 31.5 Å². The first-order valence-electron chi connectivity index (χ1n) is 4.58. The number of hydrogen-bond acceptors (Lipinski definition) is 1. The van der Waals surface area contributed by atoms with E-state index in [1.165, 1.54) is 0 Å². The van der Waals surface area contributed by atoms with E-state index < -0.39 is 0 Å². The van der Waals surface area contributed by atoms with Crippen LogP contribution in [0.3, 0.4) is 0 Å². The number of hydrogen-bond donors (Lipinski definition) is 0. The molecule has 0 spiro atoms. The smallest absolute Gasteiger partial charge is 0.124 e. The molecule has 2 heteroatoms. The summed E-state index contributed by atoms with van der Waals surface area (Å²) in [5, 5.41) is 0.793. The lowest BCUT2D eigenvalue weighted by molar-refractivity contribution is 0.335. The number of rotatable bonds is 3. The summed E-state index contributed by atoms with van der Waals surface area (Å²) >= 11 is 6.08. The van der Waals surface area contributed by atoms with E-state index in [1.807, 2.05) is 25.1 Å². The Kier molecular flexibility index (Phi) is 3.61. The van der Waals surface area contributed by atoms with E-state index in [1.54, 1.807) is 0 Å². The Bertz CT molecular complexity index is 281. The van der Waals surface area contributed by atoms with Gasteiger partial charge >= 0.3 is 0 Å². The van der Waals surface area contributed by atoms with Crippen LogP contribution in [-0.4, -0.2) is 6.61 Å². The fourth-order valence-corrected chi connectivity index (χ4v) is 1.74. The SMILES string of the molecule is CCOc1cccc(Cl)c1C(C)C. The molecule has 0 aromatic heterocycles. The lowest BCUT2D eigenvalue weighted by Gasteiger charge is -2.14. The minimum atomic E-state index is 0.398. The zero-order chi connectivity index (χ0) is 9.84. The molecular weight excluding hydrogens is 184 g/mol. The summed E-state index contributed by atoms with van der Waals surface area (Å²) in [6.45, 7) is 6.89. The Morgan fingerprint density at radius 2 is 2.08 bits per heavy atom. The van der Waals surface area contributed by atoms with Crippen molar-refractivity contribution in [1.29, 1.82) is 0 Å². The van der Waals surface area contributed by atoms with Crippen molar-refractivity contribution in [2.24, 2.45) is 0 Å². The van der Waals surface area contributed by atoms with Gasteiger partial charge in [-0.3, -0.25) is 0 Å². The first-order valence-corrected chi connectivity index (χ1v) is 4.95. The highest BCUT2D eigenvalue weighted by Crippen LogP contribution is 2.32. The van der Waals surface area contributed by atoms with Gasteiger partial charge in [0.1, 0.15) is 5.75 Å². The molecule has 0 amide bonds. The molecule has 0 heterocycles. The van der Waals surface area contributed by atoms with Crippen LogP contribution in [0.4, 0.5) is 0 Å². The van der Waals surface area contributed by atoms with Gasteiger partial charge in [0.05, 0.1) is 6.61 Å². The third-order valence-corrected chi connectivity index (χ3v) is 2.22. The normalized spacial score (nSPS) is 10.5. The molecule has 1 nitrogen and oxygen atoms in total. The zero-order valence-corrected chi connectivity index (χ0v) is 9.06. The van der Waals surface area contributed by atoms with Crippen molar-refractivity contribution in [1.82, 2.24) is 0 Å². The summed E-state index contributed by atoms with van der Waals surface area (Å²) in [7, 11) is 0. The zero-order valence-electron chi connectivity index (χ0n) is 8.30. The maximum atomic E-state index is 6.08. The van der Waals surface area contributed by atoms with Gasteiger partial charge in [-0.25, -0.2) is 0 Å². The topological polar surface area (TPSA) is 9.23 Å². The van der Waals surface area contributed by atoms with E-state index >= 15 is 0 Å². The van der Waals surface area contributed by atoms with Gasteiger partial charge in [0, 0.05) is 10.6 Å². The molecule has 1 aromatic carbocycles. The highest BCUT2D eigenvalue weighted by molar-refractivity contribution is 6.31. The molecule has 0 N–H and O–H groups in total. The number of ether oxygens (including phenoxy) is 1. The largest absolute Gasteiger partial charge is 0.494 e. The maximum Gasteiger partial charge on any atom is 0.124 e. The average Bonchev–Trinajstić information content (AvgIpc) is 2.04. The van der Waals surface area contributed by atoms with Gasteiger partial charge in [0.2, 0.25) is 0 Å². The van der Waals surface area contributed by atoms with E-state index in [0.29, 0.717) is 12.5 Å². The monoisotopic (exact) mass is 198 g/mol. The molecule has 0 saturated heterocycles. The second-order valence-electron chi connectivity index (χ2n) is 3.24. The van der Waals surface area contributed by atoms with Gasteiger partial charge in [0.15, 0.2) is 0 Å². The molecule has 0 unspecified atom stereocenters. The van der Waals surface area contributed by atoms with Crippen molar-refractivity contribution in [3.63, 3.8) is 0 Å². The van der Waals surface area contributed by atoms with Crippen molar-refractivity contribution in [2.45, 2.75) is 26.7 Å². The summed E-state index contributed by atoms with van der Waals surface area (Å²) in [6, 6.07) is 5.78. The van der Waals surface area contributed by atoms with Crippen LogP contribution >= 0.6 is 11.6 Å². The van der Waals surface area contributed by atoms with Crippen LogP contribution in [0.2, 0.25) is 5.02 Å². The minimum absolute atomic E-state index is 0.398. The van der Waals surface area contributed by atoms with Crippen molar-refractivity contribution in [3.8, 4) is 5.75 Å². The first kappa shape index (κ1) is 10.4. The lowest BCUT2D eigenvalue weighted by Crippen LogP contribution is -1.98. The van der Waals surface area contributed by atoms with Gasteiger partial charge in [-0.2, -0.15) is 0 Å². The quantitative estimate of drug-likeness (QED) is 0.717. The molecular formula is C11H15ClO. The minimum Gasteiger partial charge on any atom is -0.494 e. The first-order chi connectivity index (χ1) is 6.16. The van der Waals surface area contributed by atoms with Gasteiger partial charge < -0.3 is 4.74 Å². The fraction of sp³-hybridized carbons (Fsp3) is 0.455. The second kappa shape index (κ2) is 4.52. The van der Waals surface area contributed by atoms with Crippen LogP contribution in [0.25, 0.3) is 0 Å². The molecule has 0 radical (unpaired) electrons. The summed E-state index contributed by atoms with van der Waals surface area (Å²) in [5.74, 6) is 1.31. The standard InChI is InChI=1S/C11H15ClO/c1-4-13-10-7-5-6-9(12)11(10)8(2)3/h5-8H,4H2,1-3H3. The predicted molar refractivity (Wildman–Crippen MR) is 56.7 cm³/mol. The lowest BCUT2D eigenvalue weighted by atomic mass is 10.0. The van der Waals surface area contributed by atoms with Crippen LogP contribution in [0, 0.1) is 0 Å². The maximum absolute atomic E-state index is 6.08. The Balaban J connectivity index is 3.10. The molecule has 1 rings (SSSR count). The second-order valence-corrected chi connectivity index (χ2v) is 3.65. The van der Waals surface area contributed by atoms with E-state index in [9.17, 15) is 0 Å². The highest BCUT2D eigenvalue weighted by atomic mass is 35.5. The third-order valence-electron chi connectivity index (χ3n) is 1.89. The Labute approximate surface area is 84.7 Å². The average molecular weight is 199 g/mol. The molecule has 0 aliphatic carbocycles. The Morgan fingerprint density at radius 3 is 2.62 bits per heavy atom. The summed E-state index contributed by atoms with van der Waals surface area (Å²) in [5.41, 5.74) is 1.10. The van der Waals surface area contributed by atoms with Crippen LogP contribution in [0.5, 0.6) is 5.75 Å². The van der Waals surface area contributed by atoms with Crippen LogP contribution in [0.1, 0.15) is 32.3 Å². The van der Waals surface area contributed by atoms with E-state index in [0.717, 1.165) is 16.3 Å². The molecule has 72 valence electrons. The van der Waals surface area contributed by atoms with Gasteiger partial charge in [0.25, 0.3) is 0 Å². The van der Waals surface area contributed by atoms with Crippen molar-refractivity contribution in [2.75, 3.05) is 6.61 Å². The number of benzene rings is 1. The molecule has 1 aromatic rings. The molecule has 0 bridgehead atoms. The van der Waals surface area contributed by atoms with Crippen molar-refractivity contribution >= 4 is 11.6 Å². The van der Waals surface area contributed by atoms with E-state index in [4.69, 9.17) is 16.3 Å². The molecule has 0 atom stereocenters. The number of halogens is 1. The third kappa shape index (κ3) is 2.38. The van der Waals surface area contributed by atoms with Crippen LogP contribution in [-0.2, 0) is 0 Å². The summed E-state index contributed by atoms with van der Waals surface area (Å²) in [6.07, 6.45) is 0. The Morgan fingerprint density at radius 1 is 1.38 bits per heavy atom. The Hall–Kier alpha value is -0.690. The predicted octanol–water partition coefficient (Wildman–Crippen LogP) is 3.86. The van der Waals surface area contributed by atoms with Crippen molar-refractivity contribution < 1.29 is 4.74 Å². The highest BCUT2D eigenvalue weighted by Gasteiger charge is 2.10. The molecule has 0 aliphatic heterocycles.